The van der Waals surface area contributed by atoms with Crippen molar-refractivity contribution in [3.05, 3.63) is 60.2 Å². The van der Waals surface area contributed by atoms with Gasteiger partial charge in [-0.3, -0.25) is 0 Å². The number of rotatable bonds is 5. The lowest BCUT2D eigenvalue weighted by atomic mass is 10.0. The molecule has 0 aliphatic heterocycles. The van der Waals surface area contributed by atoms with Crippen LogP contribution in [0.25, 0.3) is 11.1 Å². The second-order valence-electron chi connectivity index (χ2n) is 4.50. The fraction of sp³-hybridized carbons (Fsp3) is 0.294. The average Bonchev–Trinajstić information content (AvgIpc) is 2.46. The predicted octanol–water partition coefficient (Wildman–Crippen LogP) is 4.84. The molecule has 1 heteroatoms. The summed E-state index contributed by atoms with van der Waals surface area (Å²) in [5, 5.41) is 0. The highest BCUT2D eigenvalue weighted by atomic mass is 16.5. The van der Waals surface area contributed by atoms with Gasteiger partial charge in [0.05, 0.1) is 6.10 Å². The highest BCUT2D eigenvalue weighted by Gasteiger charge is 2.05. The molecule has 94 valence electrons. The molecular formula is C17H20O. The molecule has 0 aliphatic rings. The summed E-state index contributed by atoms with van der Waals surface area (Å²) in [6.07, 6.45) is 1.24. The molecule has 2 aromatic rings. The first-order chi connectivity index (χ1) is 8.81. The average molecular weight is 240 g/mol. The van der Waals surface area contributed by atoms with Crippen LogP contribution >= 0.6 is 0 Å². The molecule has 18 heavy (non-hydrogen) atoms. The second kappa shape index (κ2) is 6.36. The normalized spacial score (nSPS) is 12.3. The van der Waals surface area contributed by atoms with Gasteiger partial charge in [0, 0.05) is 6.61 Å². The van der Waals surface area contributed by atoms with E-state index in [0.29, 0.717) is 0 Å². The molecule has 0 bridgehead atoms. The number of benzene rings is 2. The smallest absolute Gasteiger partial charge is 0.0796 e. The molecule has 0 radical (unpaired) electrons. The fourth-order valence-electron chi connectivity index (χ4n) is 1.97. The zero-order valence-electron chi connectivity index (χ0n) is 11.1. The Morgan fingerprint density at radius 2 is 1.50 bits per heavy atom. The lowest BCUT2D eigenvalue weighted by molar-refractivity contribution is 0.0663. The molecule has 2 rings (SSSR count). The van der Waals surface area contributed by atoms with Gasteiger partial charge < -0.3 is 4.74 Å². The van der Waals surface area contributed by atoms with Crippen LogP contribution in [0.5, 0.6) is 0 Å². The maximum Gasteiger partial charge on any atom is 0.0796 e. The molecule has 0 amide bonds. The largest absolute Gasteiger partial charge is 0.374 e. The molecule has 1 unspecified atom stereocenters. The highest BCUT2D eigenvalue weighted by Crippen LogP contribution is 2.23. The number of hydrogen-bond acceptors (Lipinski definition) is 1. The van der Waals surface area contributed by atoms with Crippen LogP contribution < -0.4 is 0 Å². The van der Waals surface area contributed by atoms with Crippen molar-refractivity contribution in [2.45, 2.75) is 26.4 Å². The number of ether oxygens (including phenoxy) is 1. The number of hydrogen-bond donors (Lipinski definition) is 0. The topological polar surface area (TPSA) is 9.23 Å². The molecule has 0 aliphatic carbocycles. The third-order valence-electron chi connectivity index (χ3n) is 3.06. The summed E-state index contributed by atoms with van der Waals surface area (Å²) in [5.74, 6) is 0. The van der Waals surface area contributed by atoms with E-state index in [1.54, 1.807) is 0 Å². The zero-order valence-corrected chi connectivity index (χ0v) is 11.1. The van der Waals surface area contributed by atoms with Gasteiger partial charge in [0.1, 0.15) is 0 Å². The van der Waals surface area contributed by atoms with Crippen LogP contribution in [0, 0.1) is 0 Å². The minimum Gasteiger partial charge on any atom is -0.374 e. The van der Waals surface area contributed by atoms with Gasteiger partial charge in [-0.1, -0.05) is 61.5 Å². The van der Waals surface area contributed by atoms with E-state index in [4.69, 9.17) is 4.74 Å². The van der Waals surface area contributed by atoms with Crippen LogP contribution in [0.15, 0.2) is 54.6 Å². The Kier molecular flexibility index (Phi) is 4.54. The van der Waals surface area contributed by atoms with Gasteiger partial charge >= 0.3 is 0 Å². The Morgan fingerprint density at radius 1 is 0.889 bits per heavy atom. The van der Waals surface area contributed by atoms with Gasteiger partial charge in [0.25, 0.3) is 0 Å². The summed E-state index contributed by atoms with van der Waals surface area (Å²) >= 11 is 0. The third kappa shape index (κ3) is 3.21. The van der Waals surface area contributed by atoms with Gasteiger partial charge in [0.15, 0.2) is 0 Å². The van der Waals surface area contributed by atoms with Crippen LogP contribution in [0.2, 0.25) is 0 Å². The van der Waals surface area contributed by atoms with Crippen molar-refractivity contribution in [1.29, 1.82) is 0 Å². The van der Waals surface area contributed by atoms with Gasteiger partial charge in [-0.05, 0) is 30.0 Å². The molecule has 0 aromatic heterocycles. The van der Waals surface area contributed by atoms with Gasteiger partial charge in [-0.2, -0.15) is 0 Å². The van der Waals surface area contributed by atoms with Crippen LogP contribution in [0.4, 0.5) is 0 Å². The van der Waals surface area contributed by atoms with E-state index >= 15 is 0 Å². The first-order valence-electron chi connectivity index (χ1n) is 6.58. The Labute approximate surface area is 109 Å². The maximum atomic E-state index is 5.72. The highest BCUT2D eigenvalue weighted by molar-refractivity contribution is 5.63. The van der Waals surface area contributed by atoms with Crippen molar-refractivity contribution in [2.24, 2.45) is 0 Å². The predicted molar refractivity (Wildman–Crippen MR) is 76.5 cm³/mol. The summed E-state index contributed by atoms with van der Waals surface area (Å²) in [7, 11) is 0. The van der Waals surface area contributed by atoms with E-state index in [2.05, 4.69) is 62.4 Å². The molecule has 1 atom stereocenters. The van der Waals surface area contributed by atoms with Crippen LogP contribution in [-0.4, -0.2) is 6.61 Å². The van der Waals surface area contributed by atoms with Crippen LogP contribution in [0.1, 0.15) is 31.9 Å². The first-order valence-corrected chi connectivity index (χ1v) is 6.58. The van der Waals surface area contributed by atoms with Crippen LogP contribution in [0.3, 0.4) is 0 Å². The molecule has 0 saturated heterocycles. The molecule has 0 fully saturated rings. The SMILES string of the molecule is CCCOC(C)c1ccc(-c2ccccc2)cc1. The Morgan fingerprint density at radius 3 is 2.11 bits per heavy atom. The molecule has 0 heterocycles. The Balaban J connectivity index is 2.10. The summed E-state index contributed by atoms with van der Waals surface area (Å²) in [6, 6.07) is 19.1. The van der Waals surface area contributed by atoms with Crippen molar-refractivity contribution < 1.29 is 4.74 Å². The van der Waals surface area contributed by atoms with Gasteiger partial charge in [0.2, 0.25) is 0 Å². The van der Waals surface area contributed by atoms with Gasteiger partial charge in [-0.25, -0.2) is 0 Å². The third-order valence-corrected chi connectivity index (χ3v) is 3.06. The summed E-state index contributed by atoms with van der Waals surface area (Å²) in [4.78, 5) is 0. The molecule has 0 N–H and O–H groups in total. The van der Waals surface area contributed by atoms with E-state index < -0.39 is 0 Å². The summed E-state index contributed by atoms with van der Waals surface area (Å²) in [5.41, 5.74) is 3.75. The lowest BCUT2D eigenvalue weighted by Crippen LogP contribution is -2.00. The molecule has 2 aromatic carbocycles. The lowest BCUT2D eigenvalue weighted by Gasteiger charge is -2.13. The molecule has 0 spiro atoms. The van der Waals surface area contributed by atoms with E-state index in [9.17, 15) is 0 Å². The molecule has 0 saturated carbocycles. The summed E-state index contributed by atoms with van der Waals surface area (Å²) < 4.78 is 5.72. The minimum atomic E-state index is 0.176. The van der Waals surface area contributed by atoms with E-state index in [-0.39, 0.29) is 6.10 Å². The zero-order chi connectivity index (χ0) is 12.8. The van der Waals surface area contributed by atoms with Crippen molar-refractivity contribution in [3.63, 3.8) is 0 Å². The standard InChI is InChI=1S/C17H20O/c1-3-13-18-14(2)15-9-11-17(12-10-15)16-7-5-4-6-8-16/h4-12,14H,3,13H2,1-2H3. The Bertz CT molecular complexity index is 459. The molecular weight excluding hydrogens is 220 g/mol. The summed E-state index contributed by atoms with van der Waals surface area (Å²) in [6.45, 7) is 5.06. The Hall–Kier alpha value is -1.60. The van der Waals surface area contributed by atoms with E-state index in [0.717, 1.165) is 13.0 Å². The van der Waals surface area contributed by atoms with Crippen molar-refractivity contribution in [1.82, 2.24) is 0 Å². The van der Waals surface area contributed by atoms with E-state index in [1.165, 1.54) is 16.7 Å². The van der Waals surface area contributed by atoms with Crippen molar-refractivity contribution in [3.8, 4) is 11.1 Å². The minimum absolute atomic E-state index is 0.176. The van der Waals surface area contributed by atoms with Gasteiger partial charge in [-0.15, -0.1) is 0 Å². The quantitative estimate of drug-likeness (QED) is 0.726. The maximum absolute atomic E-state index is 5.72. The second-order valence-corrected chi connectivity index (χ2v) is 4.50. The van der Waals surface area contributed by atoms with Crippen LogP contribution in [-0.2, 0) is 4.74 Å². The van der Waals surface area contributed by atoms with Crippen molar-refractivity contribution in [2.75, 3.05) is 6.61 Å². The fourth-order valence-corrected chi connectivity index (χ4v) is 1.97. The molecule has 1 nitrogen and oxygen atoms in total. The van der Waals surface area contributed by atoms with E-state index in [1.807, 2.05) is 6.07 Å². The van der Waals surface area contributed by atoms with Crippen molar-refractivity contribution >= 4 is 0 Å². The monoisotopic (exact) mass is 240 g/mol. The first kappa shape index (κ1) is 12.8.